The molecule has 0 aliphatic rings. The van der Waals surface area contributed by atoms with E-state index in [9.17, 15) is 8.42 Å². The molecule has 0 bridgehead atoms. The third-order valence-corrected chi connectivity index (χ3v) is 4.83. The molecule has 20 heavy (non-hydrogen) atoms. The van der Waals surface area contributed by atoms with Gasteiger partial charge in [0, 0.05) is 5.02 Å². The van der Waals surface area contributed by atoms with Crippen molar-refractivity contribution >= 4 is 44.6 Å². The van der Waals surface area contributed by atoms with Crippen LogP contribution in [0.1, 0.15) is 5.56 Å². The summed E-state index contributed by atoms with van der Waals surface area (Å²) >= 11 is 11.8. The minimum atomic E-state index is -3.83. The summed E-state index contributed by atoms with van der Waals surface area (Å²) < 4.78 is 27.2. The van der Waals surface area contributed by atoms with Crippen LogP contribution in [0.2, 0.25) is 10.0 Å². The predicted octanol–water partition coefficient (Wildman–Crippen LogP) is 3.68. The molecule has 7 heteroatoms. The van der Waals surface area contributed by atoms with Crippen LogP contribution in [0.4, 0.5) is 11.4 Å². The van der Waals surface area contributed by atoms with Crippen molar-refractivity contribution in [3.8, 4) is 0 Å². The molecule has 4 nitrogen and oxygen atoms in total. The van der Waals surface area contributed by atoms with Crippen LogP contribution in [0.15, 0.2) is 41.3 Å². The first-order chi connectivity index (χ1) is 9.31. The van der Waals surface area contributed by atoms with Gasteiger partial charge in [0.25, 0.3) is 10.0 Å². The number of rotatable bonds is 3. The van der Waals surface area contributed by atoms with Crippen molar-refractivity contribution in [3.63, 3.8) is 0 Å². The summed E-state index contributed by atoms with van der Waals surface area (Å²) in [5.41, 5.74) is 6.69. The van der Waals surface area contributed by atoms with E-state index in [4.69, 9.17) is 28.9 Å². The summed E-state index contributed by atoms with van der Waals surface area (Å²) in [7, 11) is -3.83. The lowest BCUT2D eigenvalue weighted by atomic mass is 10.2. The van der Waals surface area contributed by atoms with Gasteiger partial charge < -0.3 is 5.73 Å². The lowest BCUT2D eigenvalue weighted by Gasteiger charge is -2.13. The van der Waals surface area contributed by atoms with Gasteiger partial charge in [-0.05, 0) is 36.8 Å². The smallest absolute Gasteiger partial charge is 0.264 e. The van der Waals surface area contributed by atoms with Gasteiger partial charge in [0.1, 0.15) is 4.90 Å². The molecule has 0 spiro atoms. The molecule has 0 saturated heterocycles. The molecule has 0 fully saturated rings. The molecule has 2 aromatic carbocycles. The number of nitrogens with one attached hydrogen (secondary N) is 1. The highest BCUT2D eigenvalue weighted by Crippen LogP contribution is 2.30. The van der Waals surface area contributed by atoms with Gasteiger partial charge >= 0.3 is 0 Å². The first-order valence-electron chi connectivity index (χ1n) is 5.64. The van der Waals surface area contributed by atoms with Crippen LogP contribution in [-0.4, -0.2) is 8.42 Å². The Labute approximate surface area is 127 Å². The zero-order valence-corrected chi connectivity index (χ0v) is 12.9. The number of aryl methyl sites for hydroxylation is 1. The standard InChI is InChI=1S/C13H12Cl2N2O2S/c1-8-3-2-4-11(16)13(8)20(18,19)17-12-7-9(14)5-6-10(12)15/h2-7,17H,16H2,1H3. The normalized spacial score (nSPS) is 11.3. The molecular weight excluding hydrogens is 319 g/mol. The molecule has 0 unspecified atom stereocenters. The van der Waals surface area contributed by atoms with E-state index in [1.807, 2.05) is 0 Å². The lowest BCUT2D eigenvalue weighted by Crippen LogP contribution is -2.16. The Morgan fingerprint density at radius 1 is 1.15 bits per heavy atom. The molecule has 0 atom stereocenters. The Morgan fingerprint density at radius 3 is 2.50 bits per heavy atom. The van der Waals surface area contributed by atoms with Gasteiger partial charge in [0.2, 0.25) is 0 Å². The fraction of sp³-hybridized carbons (Fsp3) is 0.0769. The molecule has 0 aliphatic heterocycles. The first kappa shape index (κ1) is 15.0. The molecule has 0 aliphatic carbocycles. The molecule has 2 aromatic rings. The Bertz CT molecular complexity index is 741. The van der Waals surface area contributed by atoms with Gasteiger partial charge in [-0.15, -0.1) is 0 Å². The topological polar surface area (TPSA) is 72.2 Å². The molecular formula is C13H12Cl2N2O2S. The maximum Gasteiger partial charge on any atom is 0.264 e. The predicted molar refractivity (Wildman–Crippen MR) is 82.9 cm³/mol. The van der Waals surface area contributed by atoms with Crippen molar-refractivity contribution in [1.82, 2.24) is 0 Å². The highest BCUT2D eigenvalue weighted by atomic mass is 35.5. The van der Waals surface area contributed by atoms with Crippen LogP contribution in [0.3, 0.4) is 0 Å². The van der Waals surface area contributed by atoms with E-state index in [1.165, 1.54) is 18.2 Å². The number of hydrogen-bond donors (Lipinski definition) is 2. The van der Waals surface area contributed by atoms with E-state index in [1.54, 1.807) is 25.1 Å². The Balaban J connectivity index is 2.49. The number of halogens is 2. The maximum absolute atomic E-state index is 12.4. The number of nitrogens with two attached hydrogens (primary N) is 1. The van der Waals surface area contributed by atoms with Crippen molar-refractivity contribution in [3.05, 3.63) is 52.0 Å². The minimum absolute atomic E-state index is 0.0380. The van der Waals surface area contributed by atoms with Crippen molar-refractivity contribution in [1.29, 1.82) is 0 Å². The molecule has 106 valence electrons. The quantitative estimate of drug-likeness (QED) is 0.843. The van der Waals surface area contributed by atoms with Gasteiger partial charge in [0.15, 0.2) is 0 Å². The Hall–Kier alpha value is -1.43. The molecule has 0 amide bonds. The van der Waals surface area contributed by atoms with Gasteiger partial charge in [-0.1, -0.05) is 35.3 Å². The maximum atomic E-state index is 12.4. The summed E-state index contributed by atoms with van der Waals surface area (Å²) in [5, 5.41) is 0.634. The number of benzene rings is 2. The lowest BCUT2D eigenvalue weighted by molar-refractivity contribution is 0.601. The first-order valence-corrected chi connectivity index (χ1v) is 7.88. The largest absolute Gasteiger partial charge is 0.398 e. The van der Waals surface area contributed by atoms with Crippen LogP contribution in [0.25, 0.3) is 0 Å². The number of hydrogen-bond acceptors (Lipinski definition) is 3. The average molecular weight is 331 g/mol. The third kappa shape index (κ3) is 3.00. The zero-order chi connectivity index (χ0) is 14.9. The Morgan fingerprint density at radius 2 is 1.85 bits per heavy atom. The van der Waals surface area contributed by atoms with Gasteiger partial charge in [-0.25, -0.2) is 8.42 Å². The van der Waals surface area contributed by atoms with Crippen LogP contribution < -0.4 is 10.5 Å². The fourth-order valence-corrected chi connectivity index (χ4v) is 3.64. The van der Waals surface area contributed by atoms with Gasteiger partial charge in [-0.2, -0.15) is 0 Å². The van der Waals surface area contributed by atoms with Crippen LogP contribution in [-0.2, 0) is 10.0 Å². The van der Waals surface area contributed by atoms with E-state index in [0.717, 1.165) is 0 Å². The summed E-state index contributed by atoms with van der Waals surface area (Å²) in [5.74, 6) is 0. The van der Waals surface area contributed by atoms with E-state index < -0.39 is 10.0 Å². The SMILES string of the molecule is Cc1cccc(N)c1S(=O)(=O)Nc1cc(Cl)ccc1Cl. The molecule has 0 aromatic heterocycles. The molecule has 3 N–H and O–H groups in total. The monoisotopic (exact) mass is 330 g/mol. The van der Waals surface area contributed by atoms with Crippen molar-refractivity contribution < 1.29 is 8.42 Å². The summed E-state index contributed by atoms with van der Waals surface area (Å²) in [6.07, 6.45) is 0. The number of sulfonamides is 1. The minimum Gasteiger partial charge on any atom is -0.398 e. The van der Waals surface area contributed by atoms with Crippen LogP contribution in [0, 0.1) is 6.92 Å². The van der Waals surface area contributed by atoms with Crippen molar-refractivity contribution in [2.45, 2.75) is 11.8 Å². The molecule has 0 saturated carbocycles. The van der Waals surface area contributed by atoms with E-state index in [2.05, 4.69) is 4.72 Å². The second-order valence-electron chi connectivity index (χ2n) is 4.22. The second kappa shape index (κ2) is 5.52. The van der Waals surface area contributed by atoms with Crippen molar-refractivity contribution in [2.24, 2.45) is 0 Å². The van der Waals surface area contributed by atoms with Crippen molar-refractivity contribution in [2.75, 3.05) is 10.5 Å². The molecule has 2 rings (SSSR count). The fourth-order valence-electron chi connectivity index (χ4n) is 1.81. The summed E-state index contributed by atoms with van der Waals surface area (Å²) in [4.78, 5) is 0.0380. The average Bonchev–Trinajstić information content (AvgIpc) is 2.33. The van der Waals surface area contributed by atoms with Gasteiger partial charge in [0.05, 0.1) is 16.4 Å². The van der Waals surface area contributed by atoms with Crippen LogP contribution >= 0.6 is 23.2 Å². The van der Waals surface area contributed by atoms with E-state index in [0.29, 0.717) is 10.6 Å². The zero-order valence-electron chi connectivity index (χ0n) is 10.5. The molecule has 0 radical (unpaired) electrons. The van der Waals surface area contributed by atoms with Gasteiger partial charge in [-0.3, -0.25) is 4.72 Å². The van der Waals surface area contributed by atoms with E-state index >= 15 is 0 Å². The number of nitrogen functional groups attached to an aromatic ring is 1. The highest BCUT2D eigenvalue weighted by molar-refractivity contribution is 7.93. The van der Waals surface area contributed by atoms with Crippen LogP contribution in [0.5, 0.6) is 0 Å². The Kier molecular flexibility index (Phi) is 4.13. The third-order valence-electron chi connectivity index (χ3n) is 2.68. The molecule has 0 heterocycles. The van der Waals surface area contributed by atoms with E-state index in [-0.39, 0.29) is 21.3 Å². The highest BCUT2D eigenvalue weighted by Gasteiger charge is 2.21. The summed E-state index contributed by atoms with van der Waals surface area (Å²) in [6, 6.07) is 9.42. The number of anilines is 2. The second-order valence-corrected chi connectivity index (χ2v) is 6.69. The summed E-state index contributed by atoms with van der Waals surface area (Å²) in [6.45, 7) is 1.67.